The molecular formula is C27H23FN4O3. The van der Waals surface area contributed by atoms with Gasteiger partial charge in [0.15, 0.2) is 5.82 Å². The number of ether oxygens (including phenoxy) is 2. The van der Waals surface area contributed by atoms with Crippen LogP contribution in [0.2, 0.25) is 0 Å². The zero-order valence-electron chi connectivity index (χ0n) is 19.1. The second kappa shape index (κ2) is 9.89. The third kappa shape index (κ3) is 4.96. The average Bonchev–Trinajstić information content (AvgIpc) is 3.39. The van der Waals surface area contributed by atoms with Gasteiger partial charge in [-0.25, -0.2) is 19.3 Å². The van der Waals surface area contributed by atoms with E-state index in [1.165, 1.54) is 18.3 Å². The Morgan fingerprint density at radius 3 is 2.69 bits per heavy atom. The van der Waals surface area contributed by atoms with Gasteiger partial charge in [0.25, 0.3) is 5.91 Å². The molecule has 0 N–H and O–H groups in total. The summed E-state index contributed by atoms with van der Waals surface area (Å²) in [5, 5.41) is 0. The Morgan fingerprint density at radius 1 is 1.00 bits per heavy atom. The van der Waals surface area contributed by atoms with Crippen LogP contribution in [0.5, 0.6) is 17.4 Å². The minimum Gasteiger partial charge on any atom is -0.497 e. The maximum atomic E-state index is 13.5. The number of halogens is 1. The molecule has 0 bridgehead atoms. The van der Waals surface area contributed by atoms with Gasteiger partial charge in [-0.3, -0.25) is 4.79 Å². The highest BCUT2D eigenvalue weighted by Crippen LogP contribution is 2.33. The van der Waals surface area contributed by atoms with Crippen LogP contribution in [0.1, 0.15) is 34.9 Å². The maximum Gasteiger partial charge on any atom is 0.254 e. The third-order valence-corrected chi connectivity index (χ3v) is 5.86. The lowest BCUT2D eigenvalue weighted by Gasteiger charge is -2.24. The maximum absolute atomic E-state index is 13.5. The lowest BCUT2D eigenvalue weighted by Crippen LogP contribution is -2.31. The van der Waals surface area contributed by atoms with Crippen molar-refractivity contribution in [1.82, 2.24) is 19.9 Å². The summed E-state index contributed by atoms with van der Waals surface area (Å²) in [4.78, 5) is 28.6. The molecule has 35 heavy (non-hydrogen) atoms. The van der Waals surface area contributed by atoms with Crippen molar-refractivity contribution < 1.29 is 18.7 Å². The van der Waals surface area contributed by atoms with Gasteiger partial charge in [-0.15, -0.1) is 0 Å². The summed E-state index contributed by atoms with van der Waals surface area (Å²) in [7, 11) is 1.62. The second-order valence-corrected chi connectivity index (χ2v) is 8.14. The van der Waals surface area contributed by atoms with Crippen LogP contribution >= 0.6 is 0 Å². The monoisotopic (exact) mass is 470 g/mol. The third-order valence-electron chi connectivity index (χ3n) is 5.86. The van der Waals surface area contributed by atoms with Gasteiger partial charge in [-0.1, -0.05) is 18.2 Å². The van der Waals surface area contributed by atoms with E-state index in [9.17, 15) is 9.18 Å². The predicted octanol–water partition coefficient (Wildman–Crippen LogP) is 5.46. The minimum atomic E-state index is -0.409. The Labute approximate surface area is 202 Å². The van der Waals surface area contributed by atoms with E-state index in [4.69, 9.17) is 14.5 Å². The molecule has 3 heterocycles. The molecule has 0 aliphatic carbocycles. The zero-order valence-corrected chi connectivity index (χ0v) is 19.1. The summed E-state index contributed by atoms with van der Waals surface area (Å²) in [6, 6.07) is 18.3. The smallest absolute Gasteiger partial charge is 0.254 e. The molecule has 1 aliphatic heterocycles. The summed E-state index contributed by atoms with van der Waals surface area (Å²) >= 11 is 0. The quantitative estimate of drug-likeness (QED) is 0.373. The van der Waals surface area contributed by atoms with Gasteiger partial charge in [0.1, 0.15) is 17.3 Å². The number of benzene rings is 2. The van der Waals surface area contributed by atoms with Crippen LogP contribution < -0.4 is 9.47 Å². The van der Waals surface area contributed by atoms with Crippen LogP contribution in [0.4, 0.5) is 4.39 Å². The number of methoxy groups -OCH3 is 1. The van der Waals surface area contributed by atoms with Crippen molar-refractivity contribution in [2.45, 2.75) is 18.9 Å². The first kappa shape index (κ1) is 22.5. The SMILES string of the molecule is COc1cccc(-c2nccc(C3CCCN3C(=O)c3ccnc(Oc4cccc(F)c4)c3)n2)c1. The zero-order chi connectivity index (χ0) is 24.2. The van der Waals surface area contributed by atoms with Gasteiger partial charge in [-0.05, 0) is 49.2 Å². The van der Waals surface area contributed by atoms with Crippen molar-refractivity contribution in [3.8, 4) is 28.8 Å². The first-order valence-corrected chi connectivity index (χ1v) is 11.3. The molecule has 1 saturated heterocycles. The van der Waals surface area contributed by atoms with E-state index in [1.54, 1.807) is 37.6 Å². The first-order valence-electron chi connectivity index (χ1n) is 11.3. The van der Waals surface area contributed by atoms with E-state index in [2.05, 4.69) is 9.97 Å². The van der Waals surface area contributed by atoms with E-state index in [1.807, 2.05) is 35.2 Å². The molecule has 0 spiro atoms. The molecule has 7 nitrogen and oxygen atoms in total. The van der Waals surface area contributed by atoms with Crippen LogP contribution in [0.3, 0.4) is 0 Å². The molecule has 1 unspecified atom stereocenters. The highest BCUT2D eigenvalue weighted by atomic mass is 19.1. The van der Waals surface area contributed by atoms with Gasteiger partial charge in [0.2, 0.25) is 5.88 Å². The van der Waals surface area contributed by atoms with Crippen LogP contribution in [0.15, 0.2) is 79.1 Å². The van der Waals surface area contributed by atoms with E-state index >= 15 is 0 Å². The summed E-state index contributed by atoms with van der Waals surface area (Å²) in [5.41, 5.74) is 2.07. The van der Waals surface area contributed by atoms with Crippen LogP contribution in [0, 0.1) is 5.82 Å². The Bertz CT molecular complexity index is 1360. The molecule has 1 atom stereocenters. The Hall–Kier alpha value is -4.33. The number of aromatic nitrogens is 3. The second-order valence-electron chi connectivity index (χ2n) is 8.14. The van der Waals surface area contributed by atoms with Crippen LogP contribution in [0.25, 0.3) is 11.4 Å². The molecule has 8 heteroatoms. The molecule has 176 valence electrons. The van der Waals surface area contributed by atoms with Gasteiger partial charge < -0.3 is 14.4 Å². The Balaban J connectivity index is 1.38. The molecule has 2 aromatic heterocycles. The average molecular weight is 471 g/mol. The molecule has 1 fully saturated rings. The van der Waals surface area contributed by atoms with Crippen molar-refractivity contribution in [1.29, 1.82) is 0 Å². The number of amides is 1. The number of carbonyl (C=O) groups excluding carboxylic acids is 1. The van der Waals surface area contributed by atoms with E-state index in [-0.39, 0.29) is 17.8 Å². The number of hydrogen-bond donors (Lipinski definition) is 0. The van der Waals surface area contributed by atoms with Crippen molar-refractivity contribution in [3.63, 3.8) is 0 Å². The van der Waals surface area contributed by atoms with Crippen LogP contribution in [-0.4, -0.2) is 39.4 Å². The van der Waals surface area contributed by atoms with Crippen molar-refractivity contribution >= 4 is 5.91 Å². The highest BCUT2D eigenvalue weighted by molar-refractivity contribution is 5.94. The number of rotatable bonds is 6. The fourth-order valence-electron chi connectivity index (χ4n) is 4.19. The lowest BCUT2D eigenvalue weighted by molar-refractivity contribution is 0.0732. The number of nitrogens with zero attached hydrogens (tertiary/aromatic N) is 4. The topological polar surface area (TPSA) is 77.4 Å². The summed E-state index contributed by atoms with van der Waals surface area (Å²) in [6.45, 7) is 0.615. The van der Waals surface area contributed by atoms with Crippen LogP contribution in [-0.2, 0) is 0 Å². The summed E-state index contributed by atoms with van der Waals surface area (Å²) in [5.74, 6) is 1.29. The van der Waals surface area contributed by atoms with Gasteiger partial charge in [0, 0.05) is 42.2 Å². The molecule has 4 aromatic rings. The largest absolute Gasteiger partial charge is 0.497 e. The molecule has 0 radical (unpaired) electrons. The van der Waals surface area contributed by atoms with Crippen molar-refractivity contribution in [2.24, 2.45) is 0 Å². The lowest BCUT2D eigenvalue weighted by atomic mass is 10.1. The van der Waals surface area contributed by atoms with E-state index in [0.717, 1.165) is 29.8 Å². The van der Waals surface area contributed by atoms with Gasteiger partial charge >= 0.3 is 0 Å². The molecule has 1 amide bonds. The standard InChI is InChI=1S/C27H23FN4O3/c1-34-21-7-2-5-18(15-21)26-30-13-11-23(31-26)24-9-4-14-32(24)27(33)19-10-12-29-25(16-19)35-22-8-3-6-20(28)17-22/h2-3,5-8,10-13,15-17,24H,4,9,14H2,1H3. The number of likely N-dealkylation sites (tertiary alicyclic amines) is 1. The normalized spacial score (nSPS) is 15.1. The molecule has 0 saturated carbocycles. The van der Waals surface area contributed by atoms with E-state index in [0.29, 0.717) is 23.7 Å². The Kier molecular flexibility index (Phi) is 6.34. The van der Waals surface area contributed by atoms with Crippen molar-refractivity contribution in [3.05, 3.63) is 96.2 Å². The Morgan fingerprint density at radius 2 is 1.83 bits per heavy atom. The summed E-state index contributed by atoms with van der Waals surface area (Å²) < 4.78 is 24.5. The molecule has 2 aromatic carbocycles. The predicted molar refractivity (Wildman–Crippen MR) is 128 cm³/mol. The molecule has 5 rings (SSSR count). The highest BCUT2D eigenvalue weighted by Gasteiger charge is 2.32. The number of carbonyl (C=O) groups is 1. The fraction of sp³-hybridized carbons (Fsp3) is 0.185. The first-order chi connectivity index (χ1) is 17.1. The minimum absolute atomic E-state index is 0.138. The molecule has 1 aliphatic rings. The summed E-state index contributed by atoms with van der Waals surface area (Å²) in [6.07, 6.45) is 4.90. The van der Waals surface area contributed by atoms with Gasteiger partial charge in [-0.2, -0.15) is 0 Å². The van der Waals surface area contributed by atoms with E-state index < -0.39 is 5.82 Å². The molecular weight excluding hydrogens is 447 g/mol. The van der Waals surface area contributed by atoms with Gasteiger partial charge in [0.05, 0.1) is 18.8 Å². The fourth-order valence-corrected chi connectivity index (χ4v) is 4.19. The van der Waals surface area contributed by atoms with Crippen molar-refractivity contribution in [2.75, 3.05) is 13.7 Å². The number of pyridine rings is 1. The number of hydrogen-bond acceptors (Lipinski definition) is 6.